The van der Waals surface area contributed by atoms with Crippen LogP contribution in [0.1, 0.15) is 13.8 Å². The normalized spacial score (nSPS) is 19.6. The Bertz CT molecular complexity index is 502. The van der Waals surface area contributed by atoms with Gasteiger partial charge in [-0.15, -0.1) is 12.4 Å². The first kappa shape index (κ1) is 18.0. The minimum Gasteiger partial charge on any atom is -0.479 e. The first-order chi connectivity index (χ1) is 9.49. The number of rotatable bonds is 3. The van der Waals surface area contributed by atoms with Gasteiger partial charge in [-0.3, -0.25) is 4.79 Å². The second kappa shape index (κ2) is 7.82. The van der Waals surface area contributed by atoms with Crippen molar-refractivity contribution in [3.8, 4) is 5.75 Å². The lowest BCUT2D eigenvalue weighted by molar-refractivity contribution is -0.140. The molecule has 0 saturated carbocycles. The molecule has 2 rings (SSSR count). The molecule has 1 saturated heterocycles. The Morgan fingerprint density at radius 1 is 1.57 bits per heavy atom. The third kappa shape index (κ3) is 4.46. The van der Waals surface area contributed by atoms with E-state index in [1.54, 1.807) is 11.8 Å². The van der Waals surface area contributed by atoms with Crippen molar-refractivity contribution in [3.63, 3.8) is 0 Å². The standard InChI is InChI=1S/C14H18ClFN2O2.ClH/c1-9-8-17-5-6-18(9)14(19)10(2)20-13-4-3-11(16)7-12(13)15;/h3-4,7,9-10,17H,5-6,8H2,1-2H3;1H. The average molecular weight is 337 g/mol. The molecule has 7 heteroatoms. The maximum absolute atomic E-state index is 13.0. The summed E-state index contributed by atoms with van der Waals surface area (Å²) in [5.74, 6) is -0.201. The SMILES string of the molecule is CC(Oc1ccc(F)cc1Cl)C(=O)N1CCNCC1C.Cl. The second-order valence-electron chi connectivity index (χ2n) is 4.92. The van der Waals surface area contributed by atoms with Crippen LogP contribution >= 0.6 is 24.0 Å². The number of carbonyl (C=O) groups is 1. The number of nitrogens with zero attached hydrogens (tertiary/aromatic N) is 1. The van der Waals surface area contributed by atoms with Gasteiger partial charge in [0.05, 0.1) is 5.02 Å². The summed E-state index contributed by atoms with van der Waals surface area (Å²) in [4.78, 5) is 14.1. The Hall–Kier alpha value is -1.04. The van der Waals surface area contributed by atoms with Crippen LogP contribution < -0.4 is 10.1 Å². The van der Waals surface area contributed by atoms with Crippen molar-refractivity contribution >= 4 is 29.9 Å². The molecule has 0 aliphatic carbocycles. The third-order valence-corrected chi connectivity index (χ3v) is 3.63. The Kier molecular flexibility index (Phi) is 6.71. The van der Waals surface area contributed by atoms with Crippen molar-refractivity contribution in [1.82, 2.24) is 10.2 Å². The molecule has 1 aliphatic heterocycles. The molecule has 1 fully saturated rings. The molecule has 21 heavy (non-hydrogen) atoms. The van der Waals surface area contributed by atoms with E-state index in [1.807, 2.05) is 6.92 Å². The molecule has 1 amide bonds. The summed E-state index contributed by atoms with van der Waals surface area (Å²) >= 11 is 5.89. The van der Waals surface area contributed by atoms with Gasteiger partial charge in [0.1, 0.15) is 11.6 Å². The zero-order valence-corrected chi connectivity index (χ0v) is 13.5. The third-order valence-electron chi connectivity index (χ3n) is 3.33. The number of carbonyl (C=O) groups excluding carboxylic acids is 1. The maximum Gasteiger partial charge on any atom is 0.263 e. The summed E-state index contributed by atoms with van der Waals surface area (Å²) in [5.41, 5.74) is 0. The second-order valence-corrected chi connectivity index (χ2v) is 5.33. The highest BCUT2D eigenvalue weighted by Crippen LogP contribution is 2.26. The van der Waals surface area contributed by atoms with Gasteiger partial charge in [-0.1, -0.05) is 11.6 Å². The van der Waals surface area contributed by atoms with Crippen molar-refractivity contribution in [2.75, 3.05) is 19.6 Å². The molecule has 2 atom stereocenters. The highest BCUT2D eigenvalue weighted by Gasteiger charge is 2.28. The fourth-order valence-corrected chi connectivity index (χ4v) is 2.43. The number of hydrogen-bond donors (Lipinski definition) is 1. The summed E-state index contributed by atoms with van der Waals surface area (Å²) < 4.78 is 18.5. The Labute approximate surface area is 135 Å². The highest BCUT2D eigenvalue weighted by molar-refractivity contribution is 6.32. The maximum atomic E-state index is 13.0. The zero-order valence-electron chi connectivity index (χ0n) is 11.9. The van der Waals surface area contributed by atoms with Crippen LogP contribution in [-0.4, -0.2) is 42.6 Å². The van der Waals surface area contributed by atoms with E-state index in [1.165, 1.54) is 18.2 Å². The van der Waals surface area contributed by atoms with Crippen molar-refractivity contribution in [2.45, 2.75) is 26.0 Å². The number of amides is 1. The Balaban J connectivity index is 0.00000220. The van der Waals surface area contributed by atoms with Crippen LogP contribution in [0, 0.1) is 5.82 Å². The summed E-state index contributed by atoms with van der Waals surface area (Å²) in [6.07, 6.45) is -0.654. The predicted octanol–water partition coefficient (Wildman–Crippen LogP) is 2.49. The van der Waals surface area contributed by atoms with Crippen LogP contribution in [0.15, 0.2) is 18.2 Å². The molecule has 2 unspecified atom stereocenters. The van der Waals surface area contributed by atoms with Gasteiger partial charge in [-0.2, -0.15) is 0 Å². The first-order valence-electron chi connectivity index (χ1n) is 6.62. The number of ether oxygens (including phenoxy) is 1. The largest absolute Gasteiger partial charge is 0.479 e. The van der Waals surface area contributed by atoms with Gasteiger partial charge in [0.15, 0.2) is 6.10 Å². The lowest BCUT2D eigenvalue weighted by Gasteiger charge is -2.35. The van der Waals surface area contributed by atoms with Crippen molar-refractivity contribution < 1.29 is 13.9 Å². The molecule has 4 nitrogen and oxygen atoms in total. The molecule has 0 bridgehead atoms. The van der Waals surface area contributed by atoms with Crippen LogP contribution in [0.3, 0.4) is 0 Å². The molecule has 0 spiro atoms. The van der Waals surface area contributed by atoms with E-state index in [0.717, 1.165) is 13.1 Å². The van der Waals surface area contributed by atoms with Crippen LogP contribution in [0.5, 0.6) is 5.75 Å². The van der Waals surface area contributed by atoms with Gasteiger partial charge in [0.25, 0.3) is 5.91 Å². The van der Waals surface area contributed by atoms with E-state index in [2.05, 4.69) is 5.32 Å². The van der Waals surface area contributed by atoms with Gasteiger partial charge >= 0.3 is 0 Å². The highest BCUT2D eigenvalue weighted by atomic mass is 35.5. The zero-order chi connectivity index (χ0) is 14.7. The van der Waals surface area contributed by atoms with E-state index in [0.29, 0.717) is 12.3 Å². The molecule has 0 radical (unpaired) electrons. The van der Waals surface area contributed by atoms with Crippen molar-refractivity contribution in [1.29, 1.82) is 0 Å². The molecular weight excluding hydrogens is 318 g/mol. The van der Waals surface area contributed by atoms with Crippen molar-refractivity contribution in [3.05, 3.63) is 29.0 Å². The molecule has 1 aliphatic rings. The molecule has 1 N–H and O–H groups in total. The molecule has 1 aromatic carbocycles. The topological polar surface area (TPSA) is 41.6 Å². The summed E-state index contributed by atoms with van der Waals surface area (Å²) in [6.45, 7) is 5.87. The minimum absolute atomic E-state index is 0. The molecule has 0 aromatic heterocycles. The number of hydrogen-bond acceptors (Lipinski definition) is 3. The summed E-state index contributed by atoms with van der Waals surface area (Å²) in [7, 11) is 0. The molecular formula is C14H19Cl2FN2O2. The average Bonchev–Trinajstić information content (AvgIpc) is 2.41. The summed E-state index contributed by atoms with van der Waals surface area (Å²) in [5, 5.41) is 3.39. The molecule has 1 aromatic rings. The lowest BCUT2D eigenvalue weighted by Crippen LogP contribution is -2.55. The minimum atomic E-state index is -0.654. The summed E-state index contributed by atoms with van der Waals surface area (Å²) in [6, 6.07) is 3.99. The van der Waals surface area contributed by atoms with E-state index >= 15 is 0 Å². The number of benzene rings is 1. The van der Waals surface area contributed by atoms with E-state index in [-0.39, 0.29) is 29.4 Å². The van der Waals surface area contributed by atoms with Gasteiger partial charge in [0.2, 0.25) is 0 Å². The van der Waals surface area contributed by atoms with E-state index in [9.17, 15) is 9.18 Å². The first-order valence-corrected chi connectivity index (χ1v) is 6.99. The van der Waals surface area contributed by atoms with Crippen LogP contribution in [0.2, 0.25) is 5.02 Å². The van der Waals surface area contributed by atoms with Gasteiger partial charge in [-0.05, 0) is 32.0 Å². The van der Waals surface area contributed by atoms with E-state index < -0.39 is 11.9 Å². The number of nitrogens with one attached hydrogen (secondary N) is 1. The van der Waals surface area contributed by atoms with Crippen LogP contribution in [0.4, 0.5) is 4.39 Å². The van der Waals surface area contributed by atoms with E-state index in [4.69, 9.17) is 16.3 Å². The quantitative estimate of drug-likeness (QED) is 0.921. The fraction of sp³-hybridized carbons (Fsp3) is 0.500. The van der Waals surface area contributed by atoms with Crippen LogP contribution in [0.25, 0.3) is 0 Å². The van der Waals surface area contributed by atoms with Crippen LogP contribution in [-0.2, 0) is 4.79 Å². The predicted molar refractivity (Wildman–Crippen MR) is 82.8 cm³/mol. The van der Waals surface area contributed by atoms with Crippen molar-refractivity contribution in [2.24, 2.45) is 0 Å². The Morgan fingerprint density at radius 2 is 2.29 bits per heavy atom. The molecule has 1 heterocycles. The van der Waals surface area contributed by atoms with Gasteiger partial charge in [0, 0.05) is 25.7 Å². The number of piperazine rings is 1. The molecule has 118 valence electrons. The van der Waals surface area contributed by atoms with Gasteiger partial charge in [-0.25, -0.2) is 4.39 Å². The fourth-order valence-electron chi connectivity index (χ4n) is 2.21. The monoisotopic (exact) mass is 336 g/mol. The number of halogens is 3. The smallest absolute Gasteiger partial charge is 0.263 e. The lowest BCUT2D eigenvalue weighted by atomic mass is 10.2. The van der Waals surface area contributed by atoms with Gasteiger partial charge < -0.3 is 15.0 Å². The Morgan fingerprint density at radius 3 is 2.90 bits per heavy atom.